The summed E-state index contributed by atoms with van der Waals surface area (Å²) in [7, 11) is 0. The normalized spacial score (nSPS) is 10.4. The van der Waals surface area contributed by atoms with Crippen molar-refractivity contribution < 1.29 is 13.9 Å². The van der Waals surface area contributed by atoms with Crippen molar-refractivity contribution in [2.75, 3.05) is 11.9 Å². The largest absolute Gasteiger partial charge is 0.484 e. The average molecular weight is 295 g/mol. The van der Waals surface area contributed by atoms with Gasteiger partial charge >= 0.3 is 0 Å². The Morgan fingerprint density at radius 2 is 1.77 bits per heavy atom. The van der Waals surface area contributed by atoms with Crippen molar-refractivity contribution in [2.24, 2.45) is 0 Å². The number of fused-ring (bicyclic) bond motifs is 1. The number of hydrogen-bond acceptors (Lipinski definition) is 2. The maximum absolute atomic E-state index is 13.0. The van der Waals surface area contributed by atoms with Gasteiger partial charge in [-0.2, -0.15) is 0 Å². The van der Waals surface area contributed by atoms with Gasteiger partial charge in [0.2, 0.25) is 0 Å². The van der Waals surface area contributed by atoms with E-state index in [1.54, 1.807) is 6.07 Å². The van der Waals surface area contributed by atoms with Crippen molar-refractivity contribution in [1.29, 1.82) is 0 Å². The van der Waals surface area contributed by atoms with Crippen LogP contribution in [-0.4, -0.2) is 12.5 Å². The fraction of sp³-hybridized carbons (Fsp3) is 0.0556. The lowest BCUT2D eigenvalue weighted by atomic mass is 10.1. The van der Waals surface area contributed by atoms with E-state index in [0.29, 0.717) is 5.75 Å². The van der Waals surface area contributed by atoms with E-state index in [9.17, 15) is 9.18 Å². The molecular weight excluding hydrogens is 281 g/mol. The first-order chi connectivity index (χ1) is 10.7. The standard InChI is InChI=1S/C18H14FNO2/c19-14-7-4-8-15(11-14)22-12-18(21)20-17-10-3-6-13-5-1-2-9-16(13)17/h1-11H,12H2,(H,20,21). The minimum atomic E-state index is -0.396. The van der Waals surface area contributed by atoms with Gasteiger partial charge in [-0.3, -0.25) is 4.79 Å². The molecule has 110 valence electrons. The van der Waals surface area contributed by atoms with Crippen LogP contribution in [0.1, 0.15) is 0 Å². The van der Waals surface area contributed by atoms with E-state index in [-0.39, 0.29) is 12.5 Å². The Morgan fingerprint density at radius 3 is 2.64 bits per heavy atom. The molecule has 0 aromatic heterocycles. The molecule has 0 saturated heterocycles. The molecule has 3 aromatic rings. The van der Waals surface area contributed by atoms with Gasteiger partial charge in [0, 0.05) is 17.1 Å². The summed E-state index contributed by atoms with van der Waals surface area (Å²) in [6.45, 7) is -0.174. The quantitative estimate of drug-likeness (QED) is 0.790. The molecule has 1 amide bonds. The van der Waals surface area contributed by atoms with Crippen LogP contribution in [0.2, 0.25) is 0 Å². The molecule has 0 atom stereocenters. The molecule has 3 aromatic carbocycles. The fourth-order valence-electron chi connectivity index (χ4n) is 2.23. The minimum Gasteiger partial charge on any atom is -0.484 e. The van der Waals surface area contributed by atoms with E-state index in [2.05, 4.69) is 5.32 Å². The van der Waals surface area contributed by atoms with Gasteiger partial charge in [0.25, 0.3) is 5.91 Å². The lowest BCUT2D eigenvalue weighted by Crippen LogP contribution is -2.20. The van der Waals surface area contributed by atoms with E-state index in [1.807, 2.05) is 42.5 Å². The van der Waals surface area contributed by atoms with Crippen LogP contribution < -0.4 is 10.1 Å². The molecule has 0 fully saturated rings. The summed E-state index contributed by atoms with van der Waals surface area (Å²) in [5, 5.41) is 4.82. The Bertz CT molecular complexity index is 812. The van der Waals surface area contributed by atoms with Gasteiger partial charge in [-0.05, 0) is 23.6 Å². The molecule has 3 rings (SSSR count). The summed E-state index contributed by atoms with van der Waals surface area (Å²) in [6, 6.07) is 19.2. The topological polar surface area (TPSA) is 38.3 Å². The van der Waals surface area contributed by atoms with E-state index in [4.69, 9.17) is 4.74 Å². The predicted octanol–water partition coefficient (Wildman–Crippen LogP) is 4.00. The minimum absolute atomic E-state index is 0.174. The van der Waals surface area contributed by atoms with Crippen LogP contribution in [0.25, 0.3) is 10.8 Å². The zero-order valence-corrected chi connectivity index (χ0v) is 11.8. The summed E-state index contributed by atoms with van der Waals surface area (Å²) >= 11 is 0. The van der Waals surface area contributed by atoms with Gasteiger partial charge in [0.05, 0.1) is 0 Å². The number of ether oxygens (including phenoxy) is 1. The molecule has 3 nitrogen and oxygen atoms in total. The Morgan fingerprint density at radius 1 is 1.00 bits per heavy atom. The number of rotatable bonds is 4. The smallest absolute Gasteiger partial charge is 0.262 e. The Balaban J connectivity index is 1.68. The van der Waals surface area contributed by atoms with Crippen LogP contribution in [0, 0.1) is 5.82 Å². The van der Waals surface area contributed by atoms with Crippen LogP contribution >= 0.6 is 0 Å². The Kier molecular flexibility index (Phi) is 4.01. The van der Waals surface area contributed by atoms with Gasteiger partial charge < -0.3 is 10.1 Å². The zero-order valence-electron chi connectivity index (χ0n) is 11.8. The molecule has 1 N–H and O–H groups in total. The van der Waals surface area contributed by atoms with E-state index in [0.717, 1.165) is 16.5 Å². The predicted molar refractivity (Wildman–Crippen MR) is 84.5 cm³/mol. The highest BCUT2D eigenvalue weighted by Crippen LogP contribution is 2.22. The number of anilines is 1. The third-order valence-electron chi connectivity index (χ3n) is 3.23. The Labute approximate surface area is 127 Å². The summed E-state index contributed by atoms with van der Waals surface area (Å²) < 4.78 is 18.3. The number of nitrogens with one attached hydrogen (secondary N) is 1. The van der Waals surface area contributed by atoms with Gasteiger partial charge in [-0.15, -0.1) is 0 Å². The maximum Gasteiger partial charge on any atom is 0.262 e. The van der Waals surface area contributed by atoms with Crippen LogP contribution in [0.15, 0.2) is 66.7 Å². The number of hydrogen-bond donors (Lipinski definition) is 1. The van der Waals surface area contributed by atoms with Gasteiger partial charge in [0.1, 0.15) is 11.6 Å². The third kappa shape index (κ3) is 3.23. The zero-order chi connectivity index (χ0) is 15.4. The third-order valence-corrected chi connectivity index (χ3v) is 3.23. The second-order valence-electron chi connectivity index (χ2n) is 4.82. The first-order valence-corrected chi connectivity index (χ1v) is 6.88. The highest BCUT2D eigenvalue weighted by Gasteiger charge is 2.06. The van der Waals surface area contributed by atoms with Gasteiger partial charge in [0.15, 0.2) is 6.61 Å². The highest BCUT2D eigenvalue weighted by atomic mass is 19.1. The summed E-state index contributed by atoms with van der Waals surface area (Å²) in [6.07, 6.45) is 0. The van der Waals surface area contributed by atoms with E-state index >= 15 is 0 Å². The molecular formula is C18H14FNO2. The lowest BCUT2D eigenvalue weighted by Gasteiger charge is -2.10. The molecule has 0 aliphatic rings. The summed E-state index contributed by atoms with van der Waals surface area (Å²) in [4.78, 5) is 12.0. The van der Waals surface area contributed by atoms with Crippen molar-refractivity contribution in [1.82, 2.24) is 0 Å². The van der Waals surface area contributed by atoms with Crippen LogP contribution in [0.4, 0.5) is 10.1 Å². The molecule has 0 spiro atoms. The number of carbonyl (C=O) groups is 1. The molecule has 22 heavy (non-hydrogen) atoms. The molecule has 4 heteroatoms. The molecule has 0 aliphatic heterocycles. The van der Waals surface area contributed by atoms with Crippen molar-refractivity contribution in [3.05, 3.63) is 72.5 Å². The first-order valence-electron chi connectivity index (χ1n) is 6.88. The van der Waals surface area contributed by atoms with Gasteiger partial charge in [-0.1, -0.05) is 42.5 Å². The molecule has 0 saturated carbocycles. The lowest BCUT2D eigenvalue weighted by molar-refractivity contribution is -0.118. The van der Waals surface area contributed by atoms with E-state index < -0.39 is 5.82 Å². The highest BCUT2D eigenvalue weighted by molar-refractivity contribution is 6.02. The number of amides is 1. The number of carbonyl (C=O) groups excluding carboxylic acids is 1. The second kappa shape index (κ2) is 6.26. The SMILES string of the molecule is O=C(COc1cccc(F)c1)Nc1cccc2ccccc12. The average Bonchev–Trinajstić information content (AvgIpc) is 2.53. The summed E-state index contributed by atoms with van der Waals surface area (Å²) in [5.74, 6) is -0.361. The molecule has 0 heterocycles. The number of halogens is 1. The molecule has 0 bridgehead atoms. The number of benzene rings is 3. The van der Waals surface area contributed by atoms with Crippen molar-refractivity contribution in [3.63, 3.8) is 0 Å². The second-order valence-corrected chi connectivity index (χ2v) is 4.82. The monoisotopic (exact) mass is 295 g/mol. The molecule has 0 radical (unpaired) electrons. The van der Waals surface area contributed by atoms with Gasteiger partial charge in [-0.25, -0.2) is 4.39 Å². The van der Waals surface area contributed by atoms with E-state index in [1.165, 1.54) is 18.2 Å². The maximum atomic E-state index is 13.0. The first kappa shape index (κ1) is 14.1. The van der Waals surface area contributed by atoms with Crippen molar-refractivity contribution in [3.8, 4) is 5.75 Å². The van der Waals surface area contributed by atoms with Crippen LogP contribution in [0.5, 0.6) is 5.75 Å². The fourth-order valence-corrected chi connectivity index (χ4v) is 2.23. The molecule has 0 aliphatic carbocycles. The van der Waals surface area contributed by atoms with Crippen molar-refractivity contribution in [2.45, 2.75) is 0 Å². The summed E-state index contributed by atoms with van der Waals surface area (Å²) in [5.41, 5.74) is 0.728. The Hall–Kier alpha value is -2.88. The van der Waals surface area contributed by atoms with Crippen LogP contribution in [-0.2, 0) is 4.79 Å². The molecule has 0 unspecified atom stereocenters. The van der Waals surface area contributed by atoms with Crippen LogP contribution in [0.3, 0.4) is 0 Å². The van der Waals surface area contributed by atoms with Crippen molar-refractivity contribution >= 4 is 22.4 Å².